The van der Waals surface area contributed by atoms with Gasteiger partial charge in [-0.2, -0.15) is 0 Å². The van der Waals surface area contributed by atoms with Crippen LogP contribution in [0, 0.1) is 11.8 Å². The first-order valence-electron chi connectivity index (χ1n) is 6.53. The third kappa shape index (κ3) is 2.47. The lowest BCUT2D eigenvalue weighted by Crippen LogP contribution is -2.38. The average Bonchev–Trinajstić information content (AvgIpc) is 2.94. The number of nitrogens with one attached hydrogen (secondary N) is 1. The fourth-order valence-corrected chi connectivity index (χ4v) is 4.92. The number of nitrogen functional groups attached to an aromatic ring is 1. The maximum absolute atomic E-state index is 12.3. The normalized spacial score (nSPS) is 29.8. The van der Waals surface area contributed by atoms with Crippen LogP contribution in [0.4, 0.5) is 5.69 Å². The highest BCUT2D eigenvalue weighted by Crippen LogP contribution is 2.44. The first-order chi connectivity index (χ1) is 8.95. The van der Waals surface area contributed by atoms with Crippen molar-refractivity contribution in [2.75, 3.05) is 5.73 Å². The molecule has 2 aliphatic rings. The summed E-state index contributed by atoms with van der Waals surface area (Å²) in [6, 6.07) is 4.51. The minimum absolute atomic E-state index is 0.0834. The lowest BCUT2D eigenvalue weighted by atomic mass is 9.96. The molecule has 2 aliphatic carbocycles. The predicted molar refractivity (Wildman–Crippen MR) is 75.4 cm³/mol. The monoisotopic (exact) mass is 300 g/mol. The number of halogens is 1. The first kappa shape index (κ1) is 13.2. The van der Waals surface area contributed by atoms with E-state index in [1.807, 2.05) is 0 Å². The molecule has 2 bridgehead atoms. The van der Waals surface area contributed by atoms with E-state index >= 15 is 0 Å². The van der Waals surface area contributed by atoms with Crippen molar-refractivity contribution in [1.82, 2.24) is 4.72 Å². The van der Waals surface area contributed by atoms with Gasteiger partial charge in [-0.1, -0.05) is 18.0 Å². The van der Waals surface area contributed by atoms with E-state index in [9.17, 15) is 8.42 Å². The van der Waals surface area contributed by atoms with E-state index in [0.717, 1.165) is 19.3 Å². The summed E-state index contributed by atoms with van der Waals surface area (Å²) >= 11 is 5.88. The van der Waals surface area contributed by atoms with Crippen molar-refractivity contribution in [2.24, 2.45) is 11.8 Å². The highest BCUT2D eigenvalue weighted by molar-refractivity contribution is 7.89. The molecule has 3 atom stereocenters. The summed E-state index contributed by atoms with van der Waals surface area (Å²) in [5.74, 6) is 1.21. The summed E-state index contributed by atoms with van der Waals surface area (Å²) in [6.45, 7) is 0. The van der Waals surface area contributed by atoms with E-state index in [1.54, 1.807) is 0 Å². The molecule has 3 unspecified atom stereocenters. The summed E-state index contributed by atoms with van der Waals surface area (Å²) in [5, 5.41) is 0.274. The van der Waals surface area contributed by atoms with Crippen LogP contribution in [0.2, 0.25) is 5.02 Å². The Morgan fingerprint density at radius 2 is 2.05 bits per heavy atom. The van der Waals surface area contributed by atoms with Gasteiger partial charge in [0.2, 0.25) is 10.0 Å². The van der Waals surface area contributed by atoms with Gasteiger partial charge in [-0.15, -0.1) is 0 Å². The summed E-state index contributed by atoms with van der Waals surface area (Å²) in [4.78, 5) is 0.189. The van der Waals surface area contributed by atoms with Crippen LogP contribution in [0.5, 0.6) is 0 Å². The second-order valence-corrected chi connectivity index (χ2v) is 7.71. The Hall–Kier alpha value is -0.780. The van der Waals surface area contributed by atoms with E-state index in [-0.39, 0.29) is 16.0 Å². The average molecular weight is 301 g/mol. The van der Waals surface area contributed by atoms with Crippen molar-refractivity contribution in [2.45, 2.75) is 36.6 Å². The molecular weight excluding hydrogens is 284 g/mol. The molecule has 3 rings (SSSR count). The van der Waals surface area contributed by atoms with Crippen molar-refractivity contribution in [3.63, 3.8) is 0 Å². The summed E-state index contributed by atoms with van der Waals surface area (Å²) in [6.07, 6.45) is 4.51. The Bertz CT molecular complexity index is 603. The molecule has 0 aliphatic heterocycles. The van der Waals surface area contributed by atoms with Gasteiger partial charge in [0.05, 0.1) is 15.6 Å². The van der Waals surface area contributed by atoms with Gasteiger partial charge in [0, 0.05) is 6.04 Å². The molecule has 0 amide bonds. The molecule has 0 aromatic heterocycles. The third-order valence-corrected chi connectivity index (χ3v) is 6.14. The lowest BCUT2D eigenvalue weighted by Gasteiger charge is -2.22. The molecule has 3 N–H and O–H groups in total. The van der Waals surface area contributed by atoms with Crippen molar-refractivity contribution in [1.29, 1.82) is 0 Å². The van der Waals surface area contributed by atoms with Crippen LogP contribution < -0.4 is 10.5 Å². The second kappa shape index (κ2) is 4.65. The molecule has 0 heterocycles. The van der Waals surface area contributed by atoms with Gasteiger partial charge in [0.1, 0.15) is 0 Å². The molecule has 104 valence electrons. The molecule has 2 fully saturated rings. The Balaban J connectivity index is 1.80. The van der Waals surface area contributed by atoms with Crippen LogP contribution in [-0.2, 0) is 10.0 Å². The quantitative estimate of drug-likeness (QED) is 0.842. The number of benzene rings is 1. The van der Waals surface area contributed by atoms with Gasteiger partial charge >= 0.3 is 0 Å². The van der Waals surface area contributed by atoms with Crippen molar-refractivity contribution in [3.8, 4) is 0 Å². The zero-order valence-corrected chi connectivity index (χ0v) is 12.0. The zero-order chi connectivity index (χ0) is 13.6. The summed E-state index contributed by atoms with van der Waals surface area (Å²) in [5.41, 5.74) is 5.99. The molecule has 0 spiro atoms. The van der Waals surface area contributed by atoms with E-state index in [0.29, 0.717) is 17.5 Å². The molecule has 0 radical (unpaired) electrons. The molecule has 0 saturated heterocycles. The summed E-state index contributed by atoms with van der Waals surface area (Å²) in [7, 11) is -3.50. The number of rotatable bonds is 3. The van der Waals surface area contributed by atoms with Crippen LogP contribution in [0.15, 0.2) is 23.1 Å². The van der Waals surface area contributed by atoms with Crippen LogP contribution in [0.1, 0.15) is 25.7 Å². The second-order valence-electron chi connectivity index (χ2n) is 5.59. The fourth-order valence-electron chi connectivity index (χ4n) is 3.33. The third-order valence-electron chi connectivity index (χ3n) is 4.33. The number of hydrogen-bond donors (Lipinski definition) is 2. The summed E-state index contributed by atoms with van der Waals surface area (Å²) < 4.78 is 27.5. The Kier molecular flexibility index (Phi) is 3.23. The number of hydrogen-bond acceptors (Lipinski definition) is 3. The van der Waals surface area contributed by atoms with Crippen LogP contribution in [0.25, 0.3) is 0 Å². The van der Waals surface area contributed by atoms with Gasteiger partial charge in [-0.05, 0) is 49.3 Å². The topological polar surface area (TPSA) is 72.2 Å². The lowest BCUT2D eigenvalue weighted by molar-refractivity contribution is 0.390. The van der Waals surface area contributed by atoms with Crippen LogP contribution in [-0.4, -0.2) is 14.5 Å². The minimum atomic E-state index is -3.50. The number of nitrogens with two attached hydrogens (primary N) is 1. The van der Waals surface area contributed by atoms with Gasteiger partial charge < -0.3 is 5.73 Å². The number of fused-ring (bicyclic) bond motifs is 2. The van der Waals surface area contributed by atoms with E-state index in [1.165, 1.54) is 24.6 Å². The van der Waals surface area contributed by atoms with Crippen LogP contribution >= 0.6 is 11.6 Å². The van der Waals surface area contributed by atoms with Gasteiger partial charge in [0.15, 0.2) is 0 Å². The molecule has 4 nitrogen and oxygen atoms in total. The van der Waals surface area contributed by atoms with Crippen LogP contribution in [0.3, 0.4) is 0 Å². The Morgan fingerprint density at radius 1 is 1.26 bits per heavy atom. The van der Waals surface area contributed by atoms with Gasteiger partial charge in [0.25, 0.3) is 0 Å². The maximum atomic E-state index is 12.3. The highest BCUT2D eigenvalue weighted by Gasteiger charge is 2.41. The van der Waals surface area contributed by atoms with E-state index in [2.05, 4.69) is 4.72 Å². The van der Waals surface area contributed by atoms with E-state index in [4.69, 9.17) is 17.3 Å². The Labute approximate surface area is 118 Å². The fraction of sp³-hybridized carbons (Fsp3) is 0.538. The smallest absolute Gasteiger partial charge is 0.240 e. The molecule has 1 aromatic rings. The minimum Gasteiger partial charge on any atom is -0.398 e. The van der Waals surface area contributed by atoms with E-state index < -0.39 is 10.0 Å². The van der Waals surface area contributed by atoms with Crippen molar-refractivity contribution >= 4 is 27.3 Å². The molecule has 1 aromatic carbocycles. The first-order valence-corrected chi connectivity index (χ1v) is 8.39. The predicted octanol–water partition coefficient (Wildman–Crippen LogP) is 2.39. The molecule has 6 heteroatoms. The molecular formula is C13H17ClN2O2S. The molecule has 19 heavy (non-hydrogen) atoms. The highest BCUT2D eigenvalue weighted by atomic mass is 35.5. The van der Waals surface area contributed by atoms with Crippen molar-refractivity contribution in [3.05, 3.63) is 23.2 Å². The standard InChI is InChI=1S/C13H17ClN2O2S/c14-11-7-10(3-4-12(11)15)19(17,18)16-13-6-8-1-2-9(13)5-8/h3-4,7-9,13,16H,1-2,5-6,15H2. The van der Waals surface area contributed by atoms with Crippen molar-refractivity contribution < 1.29 is 8.42 Å². The zero-order valence-electron chi connectivity index (χ0n) is 10.5. The molecule has 2 saturated carbocycles. The van der Waals surface area contributed by atoms with Gasteiger partial charge in [-0.25, -0.2) is 13.1 Å². The number of sulfonamides is 1. The maximum Gasteiger partial charge on any atom is 0.240 e. The largest absolute Gasteiger partial charge is 0.398 e. The SMILES string of the molecule is Nc1ccc(S(=O)(=O)NC2CC3CCC2C3)cc1Cl. The number of anilines is 1. The Morgan fingerprint density at radius 3 is 2.63 bits per heavy atom. The van der Waals surface area contributed by atoms with Gasteiger partial charge in [-0.3, -0.25) is 0 Å².